The highest BCUT2D eigenvalue weighted by Gasteiger charge is 2.16. The molecule has 0 saturated carbocycles. The summed E-state index contributed by atoms with van der Waals surface area (Å²) in [7, 11) is 0. The molecular weight excluding hydrogens is 272 g/mol. The predicted octanol–water partition coefficient (Wildman–Crippen LogP) is 2.99. The van der Waals surface area contributed by atoms with E-state index < -0.39 is 0 Å². The molecule has 20 heavy (non-hydrogen) atoms. The molecule has 3 nitrogen and oxygen atoms in total. The maximum Gasteiger partial charge on any atom is 0.223 e. The van der Waals surface area contributed by atoms with Crippen molar-refractivity contribution in [3.8, 4) is 0 Å². The number of carbonyl (C=O) groups is 1. The number of nitrogens with one attached hydrogen (secondary N) is 1. The van der Waals surface area contributed by atoms with E-state index in [0.717, 1.165) is 5.56 Å². The molecule has 110 valence electrons. The standard InChI is InChI=1S/C16H22N2O.ClH/c1-3-8-14(9-4-2)16(19)18-12-15(17)13-10-6-5-7-11-13;/h3-7,10-11,14-15H,1-2,8-9,12,17H2,(H,18,19);1H. The minimum atomic E-state index is -0.182. The number of nitrogens with two attached hydrogens (primary N) is 1. The number of allylic oxidation sites excluding steroid dienone is 2. The van der Waals surface area contributed by atoms with E-state index in [0.29, 0.717) is 19.4 Å². The van der Waals surface area contributed by atoms with E-state index in [9.17, 15) is 4.79 Å². The zero-order valence-corrected chi connectivity index (χ0v) is 12.4. The van der Waals surface area contributed by atoms with Gasteiger partial charge < -0.3 is 11.1 Å². The molecule has 0 aliphatic heterocycles. The highest BCUT2D eigenvalue weighted by molar-refractivity contribution is 5.85. The molecule has 0 saturated heterocycles. The summed E-state index contributed by atoms with van der Waals surface area (Å²) in [6.45, 7) is 7.78. The Bertz CT molecular complexity index is 410. The van der Waals surface area contributed by atoms with E-state index in [4.69, 9.17) is 5.73 Å². The topological polar surface area (TPSA) is 55.1 Å². The van der Waals surface area contributed by atoms with Crippen LogP contribution in [0.4, 0.5) is 0 Å². The fourth-order valence-electron chi connectivity index (χ4n) is 1.89. The third kappa shape index (κ3) is 6.04. The van der Waals surface area contributed by atoms with Gasteiger partial charge in [0.05, 0.1) is 0 Å². The number of rotatable bonds is 8. The number of benzene rings is 1. The number of hydrogen-bond acceptors (Lipinski definition) is 2. The van der Waals surface area contributed by atoms with Gasteiger partial charge in [0.2, 0.25) is 5.91 Å². The Balaban J connectivity index is 0.00000361. The van der Waals surface area contributed by atoms with Crippen molar-refractivity contribution in [2.45, 2.75) is 18.9 Å². The second kappa shape index (κ2) is 10.2. The normalized spacial score (nSPS) is 11.3. The van der Waals surface area contributed by atoms with Crippen LogP contribution in [0.5, 0.6) is 0 Å². The van der Waals surface area contributed by atoms with Crippen molar-refractivity contribution in [2.24, 2.45) is 11.7 Å². The molecule has 3 N–H and O–H groups in total. The third-order valence-corrected chi connectivity index (χ3v) is 3.00. The van der Waals surface area contributed by atoms with Gasteiger partial charge in [-0.3, -0.25) is 4.79 Å². The van der Waals surface area contributed by atoms with E-state index in [-0.39, 0.29) is 30.3 Å². The molecule has 1 amide bonds. The van der Waals surface area contributed by atoms with Crippen LogP contribution in [0.15, 0.2) is 55.6 Å². The van der Waals surface area contributed by atoms with Gasteiger partial charge in [0, 0.05) is 18.5 Å². The van der Waals surface area contributed by atoms with Gasteiger partial charge in [0.15, 0.2) is 0 Å². The lowest BCUT2D eigenvalue weighted by molar-refractivity contribution is -0.124. The molecule has 1 aromatic carbocycles. The molecule has 0 aliphatic rings. The van der Waals surface area contributed by atoms with Gasteiger partial charge in [-0.2, -0.15) is 0 Å². The van der Waals surface area contributed by atoms with Gasteiger partial charge in [-0.15, -0.1) is 25.6 Å². The fraction of sp³-hybridized carbons (Fsp3) is 0.312. The summed E-state index contributed by atoms with van der Waals surface area (Å²) >= 11 is 0. The quantitative estimate of drug-likeness (QED) is 0.724. The molecule has 0 aliphatic carbocycles. The zero-order chi connectivity index (χ0) is 14.1. The molecule has 1 aromatic rings. The SMILES string of the molecule is C=CCC(CC=C)C(=O)NCC(N)c1ccccc1.Cl. The van der Waals surface area contributed by atoms with Crippen molar-refractivity contribution in [3.63, 3.8) is 0 Å². The summed E-state index contributed by atoms with van der Waals surface area (Å²) in [5.74, 6) is -0.0934. The molecule has 0 bridgehead atoms. The van der Waals surface area contributed by atoms with E-state index in [1.54, 1.807) is 12.2 Å². The largest absolute Gasteiger partial charge is 0.354 e. The molecule has 1 unspecified atom stereocenters. The van der Waals surface area contributed by atoms with E-state index in [2.05, 4.69) is 18.5 Å². The lowest BCUT2D eigenvalue weighted by Gasteiger charge is -2.17. The van der Waals surface area contributed by atoms with Crippen LogP contribution in [0.25, 0.3) is 0 Å². The molecule has 0 heterocycles. The van der Waals surface area contributed by atoms with Gasteiger partial charge in [0.1, 0.15) is 0 Å². The smallest absolute Gasteiger partial charge is 0.223 e. The third-order valence-electron chi connectivity index (χ3n) is 3.00. The molecule has 0 spiro atoms. The minimum Gasteiger partial charge on any atom is -0.354 e. The van der Waals surface area contributed by atoms with Crippen molar-refractivity contribution < 1.29 is 4.79 Å². The van der Waals surface area contributed by atoms with Crippen molar-refractivity contribution >= 4 is 18.3 Å². The zero-order valence-electron chi connectivity index (χ0n) is 11.6. The van der Waals surface area contributed by atoms with Gasteiger partial charge in [-0.05, 0) is 18.4 Å². The van der Waals surface area contributed by atoms with Gasteiger partial charge in [-0.1, -0.05) is 42.5 Å². The van der Waals surface area contributed by atoms with Crippen molar-refractivity contribution in [1.29, 1.82) is 0 Å². The van der Waals surface area contributed by atoms with Gasteiger partial charge in [-0.25, -0.2) is 0 Å². The lowest BCUT2D eigenvalue weighted by Crippen LogP contribution is -2.35. The summed E-state index contributed by atoms with van der Waals surface area (Å²) in [6, 6.07) is 9.56. The van der Waals surface area contributed by atoms with Crippen molar-refractivity contribution in [3.05, 3.63) is 61.2 Å². The summed E-state index contributed by atoms with van der Waals surface area (Å²) in [4.78, 5) is 12.0. The van der Waals surface area contributed by atoms with Crippen LogP contribution in [0, 0.1) is 5.92 Å². The number of carbonyl (C=O) groups excluding carboxylic acids is 1. The lowest BCUT2D eigenvalue weighted by atomic mass is 10.00. The first-order valence-electron chi connectivity index (χ1n) is 6.49. The summed E-state index contributed by atoms with van der Waals surface area (Å²) < 4.78 is 0. The Morgan fingerprint density at radius 1 is 1.20 bits per heavy atom. The van der Waals surface area contributed by atoms with E-state index in [1.807, 2.05) is 30.3 Å². The highest BCUT2D eigenvalue weighted by atomic mass is 35.5. The number of halogens is 1. The molecule has 4 heteroatoms. The minimum absolute atomic E-state index is 0. The van der Waals surface area contributed by atoms with Crippen LogP contribution in [-0.4, -0.2) is 12.5 Å². The van der Waals surface area contributed by atoms with Crippen LogP contribution in [0.2, 0.25) is 0 Å². The Morgan fingerprint density at radius 2 is 1.75 bits per heavy atom. The van der Waals surface area contributed by atoms with Crippen molar-refractivity contribution in [2.75, 3.05) is 6.54 Å². The first-order chi connectivity index (χ1) is 9.19. The first kappa shape index (κ1) is 18.4. The fourth-order valence-corrected chi connectivity index (χ4v) is 1.89. The average Bonchev–Trinajstić information content (AvgIpc) is 2.45. The van der Waals surface area contributed by atoms with Crippen molar-refractivity contribution in [1.82, 2.24) is 5.32 Å². The molecule has 0 radical (unpaired) electrons. The Morgan fingerprint density at radius 3 is 2.25 bits per heavy atom. The number of amides is 1. The Hall–Kier alpha value is -1.58. The molecule has 0 aromatic heterocycles. The van der Waals surface area contributed by atoms with Crippen LogP contribution < -0.4 is 11.1 Å². The van der Waals surface area contributed by atoms with Crippen LogP contribution in [0.1, 0.15) is 24.4 Å². The maximum absolute atomic E-state index is 12.0. The Labute approximate surface area is 127 Å². The average molecular weight is 295 g/mol. The molecule has 1 rings (SSSR count). The van der Waals surface area contributed by atoms with E-state index >= 15 is 0 Å². The van der Waals surface area contributed by atoms with Gasteiger partial charge >= 0.3 is 0 Å². The highest BCUT2D eigenvalue weighted by Crippen LogP contribution is 2.12. The summed E-state index contributed by atoms with van der Waals surface area (Å²) in [6.07, 6.45) is 4.81. The molecular formula is C16H23ClN2O. The Kier molecular flexibility index (Phi) is 9.43. The second-order valence-corrected chi connectivity index (χ2v) is 4.51. The van der Waals surface area contributed by atoms with Gasteiger partial charge in [0.25, 0.3) is 0 Å². The first-order valence-corrected chi connectivity index (χ1v) is 6.49. The maximum atomic E-state index is 12.0. The molecule has 0 fully saturated rings. The number of hydrogen-bond donors (Lipinski definition) is 2. The monoisotopic (exact) mass is 294 g/mol. The van der Waals surface area contributed by atoms with Crippen LogP contribution in [-0.2, 0) is 4.79 Å². The second-order valence-electron chi connectivity index (χ2n) is 4.51. The molecule has 1 atom stereocenters. The van der Waals surface area contributed by atoms with E-state index in [1.165, 1.54) is 0 Å². The summed E-state index contributed by atoms with van der Waals surface area (Å²) in [5, 5.41) is 2.89. The van der Waals surface area contributed by atoms with Crippen LogP contribution in [0.3, 0.4) is 0 Å². The predicted molar refractivity (Wildman–Crippen MR) is 86.7 cm³/mol. The summed E-state index contributed by atoms with van der Waals surface area (Å²) in [5.41, 5.74) is 7.06. The van der Waals surface area contributed by atoms with Crippen LogP contribution >= 0.6 is 12.4 Å².